The maximum atomic E-state index is 10.2. The summed E-state index contributed by atoms with van der Waals surface area (Å²) in [4.78, 5) is 0. The van der Waals surface area contributed by atoms with Crippen LogP contribution in [0.2, 0.25) is 5.02 Å². The first-order valence-corrected chi connectivity index (χ1v) is 5.11. The smallest absolute Gasteiger partial charge is 0.0438 e. The Hall–Kier alpha value is -0.380. The topological polar surface area (TPSA) is 40.1 Å². The molecule has 0 spiro atoms. The molecule has 0 aliphatic heterocycles. The van der Waals surface area contributed by atoms with Crippen molar-refractivity contribution in [2.45, 2.75) is 6.42 Å². The molecule has 0 radical (unpaired) electrons. The van der Waals surface area contributed by atoms with Gasteiger partial charge in [0.1, 0.15) is 0 Å². The molecule has 0 N–H and O–H groups in total. The highest BCUT2D eigenvalue weighted by Gasteiger charge is 1.97. The Labute approximate surface area is 78.8 Å². The number of rotatable bonds is 3. The fourth-order valence-electron chi connectivity index (χ4n) is 0.894. The molecule has 0 aliphatic rings. The van der Waals surface area contributed by atoms with Gasteiger partial charge < -0.3 is 4.55 Å². The lowest BCUT2D eigenvalue weighted by Gasteiger charge is -2.05. The third-order valence-corrected chi connectivity index (χ3v) is 2.40. The van der Waals surface area contributed by atoms with Crippen LogP contribution in [-0.2, 0) is 17.5 Å². The zero-order valence-corrected chi connectivity index (χ0v) is 7.90. The van der Waals surface area contributed by atoms with Gasteiger partial charge in [0.2, 0.25) is 0 Å². The molecule has 0 fully saturated rings. The molecule has 4 heteroatoms. The van der Waals surface area contributed by atoms with Gasteiger partial charge in [0.05, 0.1) is 0 Å². The van der Waals surface area contributed by atoms with Crippen LogP contribution in [0, 0.1) is 0 Å². The Morgan fingerprint density at radius 3 is 2.67 bits per heavy atom. The SMILES string of the molecule is O=S([O-])CCc1ccccc1Cl. The highest BCUT2D eigenvalue weighted by Crippen LogP contribution is 2.15. The lowest BCUT2D eigenvalue weighted by molar-refractivity contribution is 0.536. The van der Waals surface area contributed by atoms with E-state index in [4.69, 9.17) is 11.6 Å². The fraction of sp³-hybridized carbons (Fsp3) is 0.250. The first-order chi connectivity index (χ1) is 5.70. The fourth-order valence-corrected chi connectivity index (χ4v) is 1.51. The van der Waals surface area contributed by atoms with Crippen LogP contribution in [0.3, 0.4) is 0 Å². The monoisotopic (exact) mass is 203 g/mol. The molecule has 1 atom stereocenters. The van der Waals surface area contributed by atoms with E-state index in [-0.39, 0.29) is 5.75 Å². The van der Waals surface area contributed by atoms with Crippen molar-refractivity contribution >= 4 is 22.7 Å². The lowest BCUT2D eigenvalue weighted by Crippen LogP contribution is -1.99. The molecule has 12 heavy (non-hydrogen) atoms. The number of hydrogen-bond donors (Lipinski definition) is 0. The molecule has 0 amide bonds. The van der Waals surface area contributed by atoms with E-state index < -0.39 is 11.1 Å². The van der Waals surface area contributed by atoms with E-state index in [1.807, 2.05) is 18.2 Å². The number of benzene rings is 1. The summed E-state index contributed by atoms with van der Waals surface area (Å²) in [6.45, 7) is 0. The number of hydrogen-bond acceptors (Lipinski definition) is 2. The molecule has 0 saturated heterocycles. The Kier molecular flexibility index (Phi) is 3.72. The number of halogens is 1. The lowest BCUT2D eigenvalue weighted by atomic mass is 10.2. The molecule has 1 unspecified atom stereocenters. The second-order valence-electron chi connectivity index (χ2n) is 2.35. The van der Waals surface area contributed by atoms with Crippen LogP contribution in [-0.4, -0.2) is 14.5 Å². The van der Waals surface area contributed by atoms with Crippen molar-refractivity contribution in [3.05, 3.63) is 34.9 Å². The van der Waals surface area contributed by atoms with E-state index in [1.165, 1.54) is 0 Å². The van der Waals surface area contributed by atoms with Gasteiger partial charge in [-0.25, -0.2) is 0 Å². The van der Waals surface area contributed by atoms with Crippen molar-refractivity contribution in [2.24, 2.45) is 0 Å². The van der Waals surface area contributed by atoms with Crippen LogP contribution in [0.5, 0.6) is 0 Å². The van der Waals surface area contributed by atoms with Gasteiger partial charge in [-0.3, -0.25) is 4.21 Å². The molecule has 0 bridgehead atoms. The highest BCUT2D eigenvalue weighted by atomic mass is 35.5. The van der Waals surface area contributed by atoms with Gasteiger partial charge in [-0.05, 0) is 18.1 Å². The molecule has 1 aromatic rings. The van der Waals surface area contributed by atoms with E-state index in [0.717, 1.165) is 5.56 Å². The summed E-state index contributed by atoms with van der Waals surface area (Å²) in [5.41, 5.74) is 0.878. The predicted octanol–water partition coefficient (Wildman–Crippen LogP) is 1.76. The van der Waals surface area contributed by atoms with Crippen molar-refractivity contribution < 1.29 is 8.76 Å². The maximum absolute atomic E-state index is 10.2. The molecular formula is C8H8ClO2S-. The largest absolute Gasteiger partial charge is 0.772 e. The summed E-state index contributed by atoms with van der Waals surface area (Å²) in [7, 11) is 0. The Bertz CT molecular complexity index is 288. The number of aryl methyl sites for hydroxylation is 1. The molecule has 2 nitrogen and oxygen atoms in total. The minimum Gasteiger partial charge on any atom is -0.772 e. The molecule has 1 rings (SSSR count). The summed E-state index contributed by atoms with van der Waals surface area (Å²) in [6, 6.07) is 7.24. The van der Waals surface area contributed by atoms with Crippen molar-refractivity contribution in [1.29, 1.82) is 0 Å². The maximum Gasteiger partial charge on any atom is 0.0438 e. The normalized spacial score (nSPS) is 12.8. The van der Waals surface area contributed by atoms with Gasteiger partial charge in [0.25, 0.3) is 0 Å². The van der Waals surface area contributed by atoms with Gasteiger partial charge in [-0.15, -0.1) is 0 Å². The summed E-state index contributed by atoms with van der Waals surface area (Å²) < 4.78 is 20.5. The molecule has 66 valence electrons. The molecule has 1 aromatic carbocycles. The average molecular weight is 204 g/mol. The standard InChI is InChI=1S/C8H9ClO2S/c9-8-4-2-1-3-7(8)5-6-12(10)11/h1-4H,5-6H2,(H,10,11)/p-1. The van der Waals surface area contributed by atoms with E-state index >= 15 is 0 Å². The Balaban J connectivity index is 2.63. The minimum absolute atomic E-state index is 0.129. The zero-order valence-electron chi connectivity index (χ0n) is 6.33. The summed E-state index contributed by atoms with van der Waals surface area (Å²) >= 11 is 3.82. The van der Waals surface area contributed by atoms with Gasteiger partial charge >= 0.3 is 0 Å². The van der Waals surface area contributed by atoms with Gasteiger partial charge in [0.15, 0.2) is 0 Å². The quantitative estimate of drug-likeness (QED) is 0.703. The molecule has 0 aliphatic carbocycles. The van der Waals surface area contributed by atoms with Crippen LogP contribution in [0.4, 0.5) is 0 Å². The molecule has 0 aromatic heterocycles. The first kappa shape index (κ1) is 9.71. The van der Waals surface area contributed by atoms with Crippen LogP contribution in [0.15, 0.2) is 24.3 Å². The molecule has 0 saturated carbocycles. The first-order valence-electron chi connectivity index (χ1n) is 3.49. The zero-order chi connectivity index (χ0) is 8.97. The van der Waals surface area contributed by atoms with Crippen molar-refractivity contribution in [1.82, 2.24) is 0 Å². The minimum atomic E-state index is -1.98. The molecular weight excluding hydrogens is 196 g/mol. The summed E-state index contributed by atoms with van der Waals surface area (Å²) in [6.07, 6.45) is 0.482. The summed E-state index contributed by atoms with van der Waals surface area (Å²) in [5, 5.41) is 0.628. The van der Waals surface area contributed by atoms with Gasteiger partial charge in [-0.1, -0.05) is 40.9 Å². The predicted molar refractivity (Wildman–Crippen MR) is 48.9 cm³/mol. The third-order valence-electron chi connectivity index (χ3n) is 1.50. The van der Waals surface area contributed by atoms with Crippen LogP contribution < -0.4 is 0 Å². The van der Waals surface area contributed by atoms with E-state index in [1.54, 1.807) is 6.07 Å². The summed E-state index contributed by atoms with van der Waals surface area (Å²) in [5.74, 6) is 0.129. The van der Waals surface area contributed by atoms with E-state index in [0.29, 0.717) is 11.4 Å². The van der Waals surface area contributed by atoms with E-state index in [2.05, 4.69) is 0 Å². The van der Waals surface area contributed by atoms with Crippen molar-refractivity contribution in [3.63, 3.8) is 0 Å². The van der Waals surface area contributed by atoms with E-state index in [9.17, 15) is 8.76 Å². The van der Waals surface area contributed by atoms with Crippen LogP contribution in [0.25, 0.3) is 0 Å². The average Bonchev–Trinajstić information content (AvgIpc) is 2.03. The van der Waals surface area contributed by atoms with Crippen LogP contribution in [0.1, 0.15) is 5.56 Å². The van der Waals surface area contributed by atoms with Crippen molar-refractivity contribution in [2.75, 3.05) is 5.75 Å². The molecule has 0 heterocycles. The van der Waals surface area contributed by atoms with Crippen LogP contribution >= 0.6 is 11.6 Å². The van der Waals surface area contributed by atoms with Crippen molar-refractivity contribution in [3.8, 4) is 0 Å². The Morgan fingerprint density at radius 2 is 2.08 bits per heavy atom. The second kappa shape index (κ2) is 4.60. The highest BCUT2D eigenvalue weighted by molar-refractivity contribution is 7.79. The second-order valence-corrected chi connectivity index (χ2v) is 3.77. The third kappa shape index (κ3) is 2.93. The Morgan fingerprint density at radius 1 is 1.42 bits per heavy atom. The van der Waals surface area contributed by atoms with Gasteiger partial charge in [-0.2, -0.15) is 0 Å². The van der Waals surface area contributed by atoms with Gasteiger partial charge in [0, 0.05) is 10.8 Å².